The van der Waals surface area contributed by atoms with Gasteiger partial charge in [-0.05, 0) is 53.7 Å². The lowest BCUT2D eigenvalue weighted by Gasteiger charge is -1.90. The van der Waals surface area contributed by atoms with Crippen molar-refractivity contribution in [3.63, 3.8) is 0 Å². The van der Waals surface area contributed by atoms with E-state index in [1.165, 1.54) is 16.7 Å². The molecule has 22 heavy (non-hydrogen) atoms. The normalized spacial score (nSPS) is 7.73. The molecule has 0 aliphatic heterocycles. The molecule has 0 unspecified atom stereocenters. The molecule has 114 valence electrons. The first-order valence-corrected chi connectivity index (χ1v) is 7.39. The average molecular weight is 290 g/mol. The molecule has 0 radical (unpaired) electrons. The van der Waals surface area contributed by atoms with E-state index in [0.29, 0.717) is 0 Å². The van der Waals surface area contributed by atoms with Gasteiger partial charge in [-0.25, -0.2) is 0 Å². The van der Waals surface area contributed by atoms with Crippen LogP contribution in [0.3, 0.4) is 0 Å². The summed E-state index contributed by atoms with van der Waals surface area (Å²) in [6, 6.07) is 16.7. The van der Waals surface area contributed by atoms with Crippen LogP contribution in [0.5, 0.6) is 0 Å². The van der Waals surface area contributed by atoms with Gasteiger partial charge in [0.05, 0.1) is 0 Å². The predicted octanol–water partition coefficient (Wildman–Crippen LogP) is 5.70. The molecule has 0 N–H and O–H groups in total. The Morgan fingerprint density at radius 1 is 0.500 bits per heavy atom. The third kappa shape index (κ3) is 10.4. The number of hydrogen-bond donors (Lipinski definition) is 0. The number of aryl methyl sites for hydroxylation is 3. The van der Waals surface area contributed by atoms with Crippen LogP contribution in [-0.2, 0) is 0 Å². The van der Waals surface area contributed by atoms with Crippen molar-refractivity contribution < 1.29 is 0 Å². The monoisotopic (exact) mass is 290 g/mol. The van der Waals surface area contributed by atoms with E-state index < -0.39 is 0 Å². The van der Waals surface area contributed by atoms with Gasteiger partial charge in [0.15, 0.2) is 0 Å². The second kappa shape index (κ2) is 12.3. The van der Waals surface area contributed by atoms with Crippen molar-refractivity contribution in [1.82, 2.24) is 0 Å². The van der Waals surface area contributed by atoms with E-state index in [0.717, 1.165) is 5.56 Å². The number of hydrogen-bond acceptors (Lipinski definition) is 0. The summed E-state index contributed by atoms with van der Waals surface area (Å²) in [6.07, 6.45) is 0. The first-order chi connectivity index (χ1) is 10.5. The van der Waals surface area contributed by atoms with Crippen LogP contribution in [0.4, 0.5) is 0 Å². The summed E-state index contributed by atoms with van der Waals surface area (Å²) in [6.45, 7) is 11.8. The maximum atomic E-state index is 2.98. The van der Waals surface area contributed by atoms with Crippen LogP contribution >= 0.6 is 0 Å². The highest BCUT2D eigenvalue weighted by Crippen LogP contribution is 2.00. The summed E-state index contributed by atoms with van der Waals surface area (Å²) in [4.78, 5) is 0. The predicted molar refractivity (Wildman–Crippen MR) is 98.8 cm³/mol. The first-order valence-electron chi connectivity index (χ1n) is 7.39. The summed E-state index contributed by atoms with van der Waals surface area (Å²) in [5.41, 5.74) is 5.03. The fourth-order valence-corrected chi connectivity index (χ4v) is 1.42. The van der Waals surface area contributed by atoms with Crippen LogP contribution < -0.4 is 0 Å². The van der Waals surface area contributed by atoms with Crippen molar-refractivity contribution in [2.24, 2.45) is 0 Å². The van der Waals surface area contributed by atoms with Gasteiger partial charge in [0.25, 0.3) is 0 Å². The lowest BCUT2D eigenvalue weighted by Crippen LogP contribution is -1.73. The standard InChI is InChI=1S/C10H10.C8H10.C4H6/c1-3-4-10-7-5-9(2)6-8-10;1-7-3-5-8(2)6-4-7;1-3-4-2/h5-8H,1-2H3;3-6H,1-2H3;1-2H3. The zero-order valence-electron chi connectivity index (χ0n) is 14.6. The molecule has 2 aromatic carbocycles. The van der Waals surface area contributed by atoms with Crippen LogP contribution in [0, 0.1) is 44.5 Å². The molecule has 0 bridgehead atoms. The van der Waals surface area contributed by atoms with Gasteiger partial charge in [-0.3, -0.25) is 0 Å². The Bertz CT molecular complexity index is 609. The fourth-order valence-electron chi connectivity index (χ4n) is 1.42. The Morgan fingerprint density at radius 2 is 0.818 bits per heavy atom. The Labute approximate surface area is 136 Å². The molecule has 0 spiro atoms. The summed E-state index contributed by atoms with van der Waals surface area (Å²) in [5.74, 6) is 11.2. The maximum absolute atomic E-state index is 2.98. The SMILES string of the molecule is CC#CC.CC#Cc1ccc(C)cc1.Cc1ccc(C)cc1. The second-order valence-electron chi connectivity index (χ2n) is 4.90. The first kappa shape index (κ1) is 19.6. The Kier molecular flexibility index (Phi) is 10.9. The highest BCUT2D eigenvalue weighted by atomic mass is 13.9. The van der Waals surface area contributed by atoms with Gasteiger partial charge in [0, 0.05) is 5.56 Å². The summed E-state index contributed by atoms with van der Waals surface area (Å²) in [7, 11) is 0. The third-order valence-electron chi connectivity index (χ3n) is 2.79. The van der Waals surface area contributed by atoms with Gasteiger partial charge in [-0.15, -0.1) is 17.8 Å². The molecule has 0 amide bonds. The number of benzene rings is 2. The Hall–Kier alpha value is -2.44. The van der Waals surface area contributed by atoms with Gasteiger partial charge in [-0.2, -0.15) is 0 Å². The summed E-state index contributed by atoms with van der Waals surface area (Å²) < 4.78 is 0. The molecule has 0 aliphatic carbocycles. The van der Waals surface area contributed by atoms with E-state index in [1.807, 2.05) is 32.9 Å². The summed E-state index contributed by atoms with van der Waals surface area (Å²) >= 11 is 0. The molecule has 0 heteroatoms. The van der Waals surface area contributed by atoms with Crippen LogP contribution in [0.25, 0.3) is 0 Å². The van der Waals surface area contributed by atoms with Crippen molar-refractivity contribution in [2.45, 2.75) is 41.5 Å². The summed E-state index contributed by atoms with van der Waals surface area (Å²) in [5, 5.41) is 0. The average Bonchev–Trinajstić information content (AvgIpc) is 2.54. The highest BCUT2D eigenvalue weighted by molar-refractivity contribution is 5.35. The van der Waals surface area contributed by atoms with E-state index in [-0.39, 0.29) is 0 Å². The minimum atomic E-state index is 1.09. The van der Waals surface area contributed by atoms with Gasteiger partial charge >= 0.3 is 0 Å². The molecule has 0 saturated carbocycles. The molecule has 2 aromatic rings. The molecule has 0 atom stereocenters. The molecular formula is C22H26. The van der Waals surface area contributed by atoms with Crippen molar-refractivity contribution in [2.75, 3.05) is 0 Å². The van der Waals surface area contributed by atoms with E-state index in [9.17, 15) is 0 Å². The van der Waals surface area contributed by atoms with Gasteiger partial charge < -0.3 is 0 Å². The Balaban J connectivity index is 0.000000330. The quantitative estimate of drug-likeness (QED) is 0.546. The van der Waals surface area contributed by atoms with Crippen molar-refractivity contribution in [3.05, 3.63) is 70.8 Å². The molecule has 2 rings (SSSR count). The van der Waals surface area contributed by atoms with Crippen molar-refractivity contribution in [3.8, 4) is 23.7 Å². The van der Waals surface area contributed by atoms with E-state index >= 15 is 0 Å². The van der Waals surface area contributed by atoms with Crippen LogP contribution in [0.1, 0.15) is 43.0 Å². The minimum absolute atomic E-state index is 1.09. The lowest BCUT2D eigenvalue weighted by atomic mass is 10.2. The molecule has 0 aromatic heterocycles. The molecule has 0 saturated heterocycles. The van der Waals surface area contributed by atoms with E-state index in [1.54, 1.807) is 0 Å². The maximum Gasteiger partial charge on any atom is 0.0245 e. The van der Waals surface area contributed by atoms with E-state index in [4.69, 9.17) is 0 Å². The van der Waals surface area contributed by atoms with E-state index in [2.05, 4.69) is 80.9 Å². The largest absolute Gasteiger partial charge is 0.107 e. The second-order valence-corrected chi connectivity index (χ2v) is 4.90. The Morgan fingerprint density at radius 3 is 1.09 bits per heavy atom. The molecular weight excluding hydrogens is 264 g/mol. The molecule has 0 fully saturated rings. The van der Waals surface area contributed by atoms with Gasteiger partial charge in [0.2, 0.25) is 0 Å². The van der Waals surface area contributed by atoms with Crippen LogP contribution in [0.15, 0.2) is 48.5 Å². The molecule has 0 nitrogen and oxygen atoms in total. The van der Waals surface area contributed by atoms with Crippen LogP contribution in [0.2, 0.25) is 0 Å². The molecule has 0 heterocycles. The minimum Gasteiger partial charge on any atom is -0.107 e. The molecule has 0 aliphatic rings. The van der Waals surface area contributed by atoms with Crippen LogP contribution in [-0.4, -0.2) is 0 Å². The van der Waals surface area contributed by atoms with Gasteiger partial charge in [0.1, 0.15) is 0 Å². The zero-order chi connectivity index (χ0) is 16.8. The van der Waals surface area contributed by atoms with Crippen molar-refractivity contribution >= 4 is 0 Å². The van der Waals surface area contributed by atoms with Gasteiger partial charge in [-0.1, -0.05) is 59.0 Å². The lowest BCUT2D eigenvalue weighted by molar-refractivity contribution is 1.40. The van der Waals surface area contributed by atoms with Crippen molar-refractivity contribution in [1.29, 1.82) is 0 Å². The topological polar surface area (TPSA) is 0 Å². The zero-order valence-corrected chi connectivity index (χ0v) is 14.6. The number of rotatable bonds is 0. The smallest absolute Gasteiger partial charge is 0.0245 e. The fraction of sp³-hybridized carbons (Fsp3) is 0.273. The third-order valence-corrected chi connectivity index (χ3v) is 2.79. The highest BCUT2D eigenvalue weighted by Gasteiger charge is 1.83.